The Hall–Kier alpha value is -2.58. The van der Waals surface area contributed by atoms with Gasteiger partial charge in [0, 0.05) is 37.0 Å². The maximum atomic E-state index is 12.8. The topological polar surface area (TPSA) is 58.6 Å². The molecule has 3 heterocycles. The van der Waals surface area contributed by atoms with Crippen LogP contribution in [0.25, 0.3) is 10.9 Å². The van der Waals surface area contributed by atoms with Crippen molar-refractivity contribution >= 4 is 22.8 Å². The number of carbonyl (C=O) groups excluding carboxylic acids is 1. The molecule has 31 heavy (non-hydrogen) atoms. The summed E-state index contributed by atoms with van der Waals surface area (Å²) in [6.45, 7) is 8.38. The quantitative estimate of drug-likeness (QED) is 0.690. The van der Waals surface area contributed by atoms with E-state index < -0.39 is 18.2 Å². The molecule has 0 bridgehead atoms. The molecule has 0 unspecified atom stereocenters. The van der Waals surface area contributed by atoms with E-state index in [1.165, 1.54) is 12.4 Å². The number of benzene rings is 1. The number of halogens is 3. The number of aromatic nitrogens is 2. The van der Waals surface area contributed by atoms with Crippen LogP contribution in [0.2, 0.25) is 0 Å². The maximum absolute atomic E-state index is 12.8. The molecule has 0 N–H and O–H groups in total. The predicted molar refractivity (Wildman–Crippen MR) is 111 cm³/mol. The molecule has 2 saturated heterocycles. The summed E-state index contributed by atoms with van der Waals surface area (Å²) < 4.78 is 43.9. The number of carbonyl (C=O) groups is 1. The molecule has 0 aliphatic carbocycles. The Morgan fingerprint density at radius 2 is 1.81 bits per heavy atom. The van der Waals surface area contributed by atoms with Gasteiger partial charge in [-0.2, -0.15) is 13.2 Å². The molecule has 1 spiro atoms. The smallest absolute Gasteiger partial charge is 0.410 e. The SMILES string of the molecule is CC(C)(C)OC(=O)N1CC2(CCN(c3ncnc4ccc(CC(F)(F)F)cc34)CC2)C1. The standard InChI is InChI=1S/C22H27F3N4O2/c1-20(2,3)31-19(30)29-12-21(13-29)6-8-28(9-7-21)18-16-10-15(11-22(23,24)25)4-5-17(16)26-14-27-18/h4-5,10,14H,6-9,11-13H2,1-3H3. The highest BCUT2D eigenvalue weighted by atomic mass is 19.4. The molecule has 1 amide bonds. The zero-order valence-corrected chi connectivity index (χ0v) is 18.0. The van der Waals surface area contributed by atoms with E-state index in [1.807, 2.05) is 20.8 Å². The summed E-state index contributed by atoms with van der Waals surface area (Å²) in [5.74, 6) is 0.673. The van der Waals surface area contributed by atoms with Gasteiger partial charge in [-0.25, -0.2) is 14.8 Å². The number of likely N-dealkylation sites (tertiary alicyclic amines) is 1. The van der Waals surface area contributed by atoms with E-state index in [0.29, 0.717) is 29.8 Å². The number of piperidine rings is 1. The number of ether oxygens (including phenoxy) is 1. The van der Waals surface area contributed by atoms with Gasteiger partial charge in [-0.05, 0) is 51.3 Å². The van der Waals surface area contributed by atoms with E-state index in [9.17, 15) is 18.0 Å². The lowest BCUT2D eigenvalue weighted by molar-refractivity contribution is -0.127. The van der Waals surface area contributed by atoms with Crippen molar-refractivity contribution < 1.29 is 22.7 Å². The number of rotatable bonds is 2. The van der Waals surface area contributed by atoms with E-state index in [1.54, 1.807) is 17.0 Å². The van der Waals surface area contributed by atoms with Gasteiger partial charge in [-0.1, -0.05) is 6.07 Å². The zero-order valence-electron chi connectivity index (χ0n) is 18.0. The summed E-state index contributed by atoms with van der Waals surface area (Å²) in [5.41, 5.74) is 0.410. The lowest BCUT2D eigenvalue weighted by Crippen LogP contribution is -2.62. The summed E-state index contributed by atoms with van der Waals surface area (Å²) >= 11 is 0. The van der Waals surface area contributed by atoms with E-state index in [2.05, 4.69) is 14.9 Å². The Bertz CT molecular complexity index is 971. The van der Waals surface area contributed by atoms with Crippen molar-refractivity contribution in [2.24, 2.45) is 5.41 Å². The molecule has 2 fully saturated rings. The van der Waals surface area contributed by atoms with Crippen molar-refractivity contribution in [2.75, 3.05) is 31.1 Å². The van der Waals surface area contributed by atoms with Crippen molar-refractivity contribution in [2.45, 2.75) is 51.8 Å². The summed E-state index contributed by atoms with van der Waals surface area (Å²) in [6.07, 6.45) is -2.27. The highest BCUT2D eigenvalue weighted by Crippen LogP contribution is 2.42. The van der Waals surface area contributed by atoms with Crippen LogP contribution in [0.15, 0.2) is 24.5 Å². The number of alkyl halides is 3. The zero-order chi connectivity index (χ0) is 22.4. The van der Waals surface area contributed by atoms with Gasteiger partial charge in [0.25, 0.3) is 0 Å². The van der Waals surface area contributed by atoms with Gasteiger partial charge in [-0.3, -0.25) is 0 Å². The average molecular weight is 436 g/mol. The molecule has 0 saturated carbocycles. The van der Waals surface area contributed by atoms with Crippen LogP contribution < -0.4 is 4.90 Å². The highest BCUT2D eigenvalue weighted by molar-refractivity contribution is 5.90. The van der Waals surface area contributed by atoms with Gasteiger partial charge in [0.05, 0.1) is 11.9 Å². The first-order valence-corrected chi connectivity index (χ1v) is 10.5. The van der Waals surface area contributed by atoms with Gasteiger partial charge in [0.1, 0.15) is 17.7 Å². The average Bonchev–Trinajstić information content (AvgIpc) is 2.63. The van der Waals surface area contributed by atoms with Gasteiger partial charge in [0.2, 0.25) is 0 Å². The van der Waals surface area contributed by atoms with E-state index >= 15 is 0 Å². The van der Waals surface area contributed by atoms with Crippen LogP contribution in [0.1, 0.15) is 39.2 Å². The van der Waals surface area contributed by atoms with Gasteiger partial charge in [-0.15, -0.1) is 0 Å². The number of fused-ring (bicyclic) bond motifs is 1. The highest BCUT2D eigenvalue weighted by Gasteiger charge is 2.48. The number of amides is 1. The third-order valence-corrected chi connectivity index (χ3v) is 5.91. The van der Waals surface area contributed by atoms with Crippen LogP contribution in [0, 0.1) is 5.41 Å². The van der Waals surface area contributed by atoms with Crippen molar-refractivity contribution in [3.63, 3.8) is 0 Å². The first-order chi connectivity index (χ1) is 14.4. The lowest BCUT2D eigenvalue weighted by Gasteiger charge is -2.53. The van der Waals surface area contributed by atoms with Crippen molar-refractivity contribution in [3.05, 3.63) is 30.1 Å². The first kappa shape index (κ1) is 21.6. The van der Waals surface area contributed by atoms with Crippen molar-refractivity contribution in [1.29, 1.82) is 0 Å². The Kier molecular flexibility index (Phi) is 5.26. The number of hydrogen-bond donors (Lipinski definition) is 0. The molecule has 4 rings (SSSR count). The maximum Gasteiger partial charge on any atom is 0.410 e. The van der Waals surface area contributed by atoms with Crippen LogP contribution in [-0.4, -0.2) is 58.9 Å². The first-order valence-electron chi connectivity index (χ1n) is 10.5. The molecular weight excluding hydrogens is 409 g/mol. The second kappa shape index (κ2) is 7.53. The molecule has 0 radical (unpaired) electrons. The third-order valence-electron chi connectivity index (χ3n) is 5.91. The summed E-state index contributed by atoms with van der Waals surface area (Å²) in [4.78, 5) is 24.7. The normalized spacial score (nSPS) is 18.9. The van der Waals surface area contributed by atoms with Crippen molar-refractivity contribution in [3.8, 4) is 0 Å². The molecule has 1 aromatic heterocycles. The van der Waals surface area contributed by atoms with Crippen LogP contribution in [0.3, 0.4) is 0 Å². The number of anilines is 1. The number of nitrogens with zero attached hydrogens (tertiary/aromatic N) is 4. The molecule has 2 aliphatic heterocycles. The molecule has 2 aromatic rings. The van der Waals surface area contributed by atoms with Crippen LogP contribution in [0.5, 0.6) is 0 Å². The lowest BCUT2D eigenvalue weighted by atomic mass is 9.72. The molecule has 6 nitrogen and oxygen atoms in total. The molecule has 168 valence electrons. The van der Waals surface area contributed by atoms with E-state index in [-0.39, 0.29) is 17.1 Å². The minimum atomic E-state index is -4.26. The van der Waals surface area contributed by atoms with Crippen LogP contribution >= 0.6 is 0 Å². The second-order valence-corrected chi connectivity index (χ2v) is 9.66. The third kappa shape index (κ3) is 4.85. The van der Waals surface area contributed by atoms with Gasteiger partial charge >= 0.3 is 12.3 Å². The summed E-state index contributed by atoms with van der Waals surface area (Å²) in [7, 11) is 0. The predicted octanol–water partition coefficient (Wildman–Crippen LogP) is 4.57. The monoisotopic (exact) mass is 436 g/mol. The Morgan fingerprint density at radius 3 is 2.42 bits per heavy atom. The summed E-state index contributed by atoms with van der Waals surface area (Å²) in [6, 6.07) is 4.64. The molecule has 1 aromatic carbocycles. The Morgan fingerprint density at radius 1 is 1.13 bits per heavy atom. The fraction of sp³-hybridized carbons (Fsp3) is 0.591. The van der Waals surface area contributed by atoms with Gasteiger partial charge < -0.3 is 14.5 Å². The number of hydrogen-bond acceptors (Lipinski definition) is 5. The summed E-state index contributed by atoms with van der Waals surface area (Å²) in [5, 5.41) is 0.643. The van der Waals surface area contributed by atoms with E-state index in [0.717, 1.165) is 25.9 Å². The molecule has 0 atom stereocenters. The fourth-order valence-electron chi connectivity index (χ4n) is 4.41. The largest absolute Gasteiger partial charge is 0.444 e. The molecular formula is C22H27F3N4O2. The minimum absolute atomic E-state index is 0.0810. The van der Waals surface area contributed by atoms with Crippen molar-refractivity contribution in [1.82, 2.24) is 14.9 Å². The van der Waals surface area contributed by atoms with Gasteiger partial charge in [0.15, 0.2) is 0 Å². The Balaban J connectivity index is 1.43. The van der Waals surface area contributed by atoms with Crippen LogP contribution in [0.4, 0.5) is 23.8 Å². The van der Waals surface area contributed by atoms with Crippen LogP contribution in [-0.2, 0) is 11.2 Å². The Labute approximate surface area is 179 Å². The molecule has 9 heteroatoms. The molecule has 2 aliphatic rings. The van der Waals surface area contributed by atoms with E-state index in [4.69, 9.17) is 4.74 Å². The minimum Gasteiger partial charge on any atom is -0.444 e. The second-order valence-electron chi connectivity index (χ2n) is 9.66. The fourth-order valence-corrected chi connectivity index (χ4v) is 4.41.